The van der Waals surface area contributed by atoms with Gasteiger partial charge in [0.15, 0.2) is 5.15 Å². The van der Waals surface area contributed by atoms with Gasteiger partial charge in [0.05, 0.1) is 0 Å². The number of hydrogen-bond acceptors (Lipinski definition) is 3. The monoisotopic (exact) mass is 267 g/mol. The second-order valence-corrected chi connectivity index (χ2v) is 3.86. The minimum absolute atomic E-state index is 0.0218. The summed E-state index contributed by atoms with van der Waals surface area (Å²) in [5.74, 6) is 0. The van der Waals surface area contributed by atoms with Crippen LogP contribution in [0.5, 0.6) is 0 Å². The van der Waals surface area contributed by atoms with Crippen molar-refractivity contribution in [1.82, 2.24) is 15.0 Å². The smallest absolute Gasteiger partial charge is 0.222 e. The van der Waals surface area contributed by atoms with Gasteiger partial charge in [-0.2, -0.15) is 0 Å². The fraction of sp³-hybridized carbons (Fsp3) is 0. The predicted molar refractivity (Wildman–Crippen MR) is 57.4 cm³/mol. The Morgan fingerprint density at radius 1 is 0.857 bits per heavy atom. The first kappa shape index (κ1) is 10.2. The number of pyridine rings is 1. The molecule has 0 N–H and O–H groups in total. The lowest BCUT2D eigenvalue weighted by atomic mass is 10.3. The highest BCUT2D eigenvalue weighted by Gasteiger charge is 2.10. The van der Waals surface area contributed by atoms with Crippen LogP contribution in [0.25, 0.3) is 10.9 Å². The molecule has 0 spiro atoms. The summed E-state index contributed by atoms with van der Waals surface area (Å²) in [6, 6.07) is 1.53. The first-order valence-electron chi connectivity index (χ1n) is 3.42. The zero-order valence-electron chi connectivity index (χ0n) is 6.43. The van der Waals surface area contributed by atoms with Gasteiger partial charge in [0.25, 0.3) is 0 Å². The van der Waals surface area contributed by atoms with Crippen LogP contribution in [-0.2, 0) is 0 Å². The molecule has 0 unspecified atom stereocenters. The van der Waals surface area contributed by atoms with E-state index < -0.39 is 0 Å². The fourth-order valence-corrected chi connectivity index (χ4v) is 1.91. The Labute approximate surface area is 99.0 Å². The van der Waals surface area contributed by atoms with E-state index >= 15 is 0 Å². The van der Waals surface area contributed by atoms with Crippen molar-refractivity contribution in [1.29, 1.82) is 0 Å². The molecule has 2 aromatic heterocycles. The maximum atomic E-state index is 5.83. The van der Waals surface area contributed by atoms with Crippen molar-refractivity contribution in [2.45, 2.75) is 0 Å². The lowest BCUT2D eigenvalue weighted by Gasteiger charge is -2.01. The minimum Gasteiger partial charge on any atom is -0.222 e. The molecule has 7 heteroatoms. The molecule has 0 saturated carbocycles. The molecule has 2 aromatic rings. The molecule has 0 aliphatic heterocycles. The largest absolute Gasteiger partial charge is 0.224 e. The molecular formula is C7HCl4N3. The lowest BCUT2D eigenvalue weighted by Crippen LogP contribution is -1.90. The van der Waals surface area contributed by atoms with Crippen molar-refractivity contribution in [2.24, 2.45) is 0 Å². The predicted octanol–water partition coefficient (Wildman–Crippen LogP) is 3.64. The molecule has 0 amide bonds. The molecule has 0 aromatic carbocycles. The van der Waals surface area contributed by atoms with Gasteiger partial charge in [0, 0.05) is 5.39 Å². The molecule has 0 bridgehead atoms. The summed E-state index contributed by atoms with van der Waals surface area (Å²) >= 11 is 22.9. The molecule has 0 atom stereocenters. The van der Waals surface area contributed by atoms with E-state index in [4.69, 9.17) is 46.4 Å². The maximum Gasteiger partial charge on any atom is 0.224 e. The number of fused-ring (bicyclic) bond motifs is 1. The average Bonchev–Trinajstić information content (AvgIpc) is 2.07. The van der Waals surface area contributed by atoms with E-state index in [-0.39, 0.29) is 20.7 Å². The number of aromatic nitrogens is 3. The van der Waals surface area contributed by atoms with Crippen molar-refractivity contribution in [2.75, 3.05) is 0 Å². The van der Waals surface area contributed by atoms with Gasteiger partial charge in [-0.1, -0.05) is 34.8 Å². The van der Waals surface area contributed by atoms with Crippen LogP contribution in [0.15, 0.2) is 6.07 Å². The maximum absolute atomic E-state index is 5.83. The quantitative estimate of drug-likeness (QED) is 0.416. The van der Waals surface area contributed by atoms with Gasteiger partial charge in [0.1, 0.15) is 15.8 Å². The second kappa shape index (κ2) is 3.66. The van der Waals surface area contributed by atoms with Crippen LogP contribution >= 0.6 is 46.4 Å². The Morgan fingerprint density at radius 3 is 2.29 bits per heavy atom. The summed E-state index contributed by atoms with van der Waals surface area (Å²) in [5.41, 5.74) is 0.390. The molecule has 3 nitrogen and oxygen atoms in total. The minimum atomic E-state index is 0.0218. The first-order valence-corrected chi connectivity index (χ1v) is 4.94. The third kappa shape index (κ3) is 1.73. The van der Waals surface area contributed by atoms with Crippen LogP contribution in [0, 0.1) is 0 Å². The van der Waals surface area contributed by atoms with Gasteiger partial charge >= 0.3 is 0 Å². The topological polar surface area (TPSA) is 38.7 Å². The molecular weight excluding hydrogens is 268 g/mol. The molecule has 14 heavy (non-hydrogen) atoms. The van der Waals surface area contributed by atoms with Crippen LogP contribution in [0.1, 0.15) is 0 Å². The number of halogens is 4. The molecule has 2 rings (SSSR count). The highest BCUT2D eigenvalue weighted by atomic mass is 35.5. The van der Waals surface area contributed by atoms with E-state index in [1.54, 1.807) is 0 Å². The standard InChI is InChI=1S/C7HCl4N3/c8-3-1-2-4(6(10)12-3)13-7(11)14-5(2)9/h1H. The third-order valence-electron chi connectivity index (χ3n) is 1.54. The Bertz CT molecular complexity index is 467. The Kier molecular flexibility index (Phi) is 2.66. The highest BCUT2D eigenvalue weighted by molar-refractivity contribution is 6.40. The van der Waals surface area contributed by atoms with Crippen molar-refractivity contribution < 1.29 is 0 Å². The van der Waals surface area contributed by atoms with Gasteiger partial charge in [0.2, 0.25) is 5.28 Å². The van der Waals surface area contributed by atoms with Gasteiger partial charge in [-0.25, -0.2) is 15.0 Å². The number of rotatable bonds is 0. The molecule has 0 fully saturated rings. The van der Waals surface area contributed by atoms with E-state index in [1.165, 1.54) is 6.07 Å². The molecule has 0 radical (unpaired) electrons. The van der Waals surface area contributed by atoms with Crippen molar-refractivity contribution in [3.8, 4) is 0 Å². The van der Waals surface area contributed by atoms with E-state index in [9.17, 15) is 0 Å². The number of nitrogens with zero attached hydrogens (tertiary/aromatic N) is 3. The molecule has 0 saturated heterocycles. The zero-order chi connectivity index (χ0) is 10.3. The van der Waals surface area contributed by atoms with E-state index in [0.717, 1.165) is 0 Å². The summed E-state index contributed by atoms with van der Waals surface area (Å²) in [6.07, 6.45) is 0. The van der Waals surface area contributed by atoms with Gasteiger partial charge < -0.3 is 0 Å². The highest BCUT2D eigenvalue weighted by Crippen LogP contribution is 2.28. The SMILES string of the molecule is Clc1cc2c(Cl)nc(Cl)nc2c(Cl)n1. The zero-order valence-corrected chi connectivity index (χ0v) is 9.45. The van der Waals surface area contributed by atoms with Crippen molar-refractivity contribution >= 4 is 57.3 Å². The number of hydrogen-bond donors (Lipinski definition) is 0. The van der Waals surface area contributed by atoms with Crippen LogP contribution in [0.2, 0.25) is 20.7 Å². The second-order valence-electron chi connectivity index (χ2n) is 2.42. The van der Waals surface area contributed by atoms with Crippen LogP contribution < -0.4 is 0 Å². The summed E-state index contributed by atoms with van der Waals surface area (Å²) < 4.78 is 0. The molecule has 0 aliphatic carbocycles. The summed E-state index contributed by atoms with van der Waals surface area (Å²) in [6.45, 7) is 0. The van der Waals surface area contributed by atoms with Crippen molar-refractivity contribution in [3.05, 3.63) is 26.8 Å². The average molecular weight is 269 g/mol. The first-order chi connectivity index (χ1) is 6.58. The van der Waals surface area contributed by atoms with Crippen molar-refractivity contribution in [3.63, 3.8) is 0 Å². The molecule has 72 valence electrons. The fourth-order valence-electron chi connectivity index (χ4n) is 1.000. The van der Waals surface area contributed by atoms with E-state index in [2.05, 4.69) is 15.0 Å². The summed E-state index contributed by atoms with van der Waals surface area (Å²) in [7, 11) is 0. The molecule has 0 aliphatic rings. The Balaban J connectivity index is 2.94. The van der Waals surface area contributed by atoms with E-state index in [0.29, 0.717) is 10.9 Å². The van der Waals surface area contributed by atoms with Gasteiger partial charge in [-0.05, 0) is 17.7 Å². The van der Waals surface area contributed by atoms with Gasteiger partial charge in [-0.3, -0.25) is 0 Å². The molecule has 2 heterocycles. The van der Waals surface area contributed by atoms with Gasteiger partial charge in [-0.15, -0.1) is 0 Å². The summed E-state index contributed by atoms with van der Waals surface area (Å²) in [5, 5.41) is 1.13. The van der Waals surface area contributed by atoms with E-state index in [1.807, 2.05) is 0 Å². The van der Waals surface area contributed by atoms with Crippen LogP contribution in [-0.4, -0.2) is 15.0 Å². The normalized spacial score (nSPS) is 10.9. The van der Waals surface area contributed by atoms with Crippen LogP contribution in [0.4, 0.5) is 0 Å². The Hall–Kier alpha value is -0.350. The lowest BCUT2D eigenvalue weighted by molar-refractivity contribution is 1.20. The summed E-state index contributed by atoms with van der Waals surface area (Å²) in [4.78, 5) is 11.5. The van der Waals surface area contributed by atoms with Crippen LogP contribution in [0.3, 0.4) is 0 Å². The third-order valence-corrected chi connectivity index (χ3v) is 2.45. The Morgan fingerprint density at radius 2 is 1.57 bits per heavy atom.